The predicted molar refractivity (Wildman–Crippen MR) is 109 cm³/mol. The maximum Gasteiger partial charge on any atom is 0.534 e. The van der Waals surface area contributed by atoms with Crippen molar-refractivity contribution in [2.45, 2.75) is 43.7 Å². The van der Waals surface area contributed by atoms with Crippen molar-refractivity contribution in [3.05, 3.63) is 51.3 Å². The van der Waals surface area contributed by atoms with E-state index in [1.54, 1.807) is 11.5 Å². The van der Waals surface area contributed by atoms with Crippen molar-refractivity contribution in [3.63, 3.8) is 0 Å². The lowest BCUT2D eigenvalue weighted by Crippen LogP contribution is -2.46. The summed E-state index contributed by atoms with van der Waals surface area (Å²) >= 11 is 0. The minimum atomic E-state index is -5.98. The highest BCUT2D eigenvalue weighted by atomic mass is 32.2. The molecule has 0 N–H and O–H groups in total. The van der Waals surface area contributed by atoms with E-state index in [0.717, 1.165) is 12.5 Å². The van der Waals surface area contributed by atoms with Gasteiger partial charge in [0.25, 0.3) is 0 Å². The van der Waals surface area contributed by atoms with E-state index in [9.17, 15) is 36.0 Å². The van der Waals surface area contributed by atoms with Crippen LogP contribution in [-0.2, 0) is 26.8 Å². The Morgan fingerprint density at radius 3 is 2.48 bits per heavy atom. The number of aromatic nitrogens is 1. The van der Waals surface area contributed by atoms with E-state index in [0.29, 0.717) is 29.7 Å². The summed E-state index contributed by atoms with van der Waals surface area (Å²) in [6.45, 7) is 1.69. The molecule has 2 heterocycles. The normalized spacial score (nSPS) is 16.4. The summed E-state index contributed by atoms with van der Waals surface area (Å²) in [5, 5.41) is 0. The van der Waals surface area contributed by atoms with E-state index < -0.39 is 43.9 Å². The standard InChI is InChI=1S/C21H18F3NO7S/c1-2-31-19(28)15-10-25-16(8-17(15)27)14-6-13(11-26)18(32-33(29,30)21(22,23)24)7-12(14)9-20(25)4-3-5-20/h6-8,10-11H,2-5,9H2,1H3. The number of hydrogen-bond donors (Lipinski definition) is 0. The van der Waals surface area contributed by atoms with Crippen LogP contribution in [0, 0.1) is 0 Å². The van der Waals surface area contributed by atoms with Crippen molar-refractivity contribution in [1.82, 2.24) is 4.57 Å². The Bertz CT molecular complexity index is 1320. The van der Waals surface area contributed by atoms with E-state index >= 15 is 0 Å². The molecule has 33 heavy (non-hydrogen) atoms. The molecule has 2 aliphatic rings. The lowest BCUT2D eigenvalue weighted by Gasteiger charge is -2.48. The highest BCUT2D eigenvalue weighted by Crippen LogP contribution is 2.49. The second-order valence-electron chi connectivity index (χ2n) is 7.93. The number of pyridine rings is 1. The SMILES string of the molecule is CCOC(=O)c1cn2c(cc1=O)-c1cc(C=O)c(OS(=O)(=O)C(F)(F)F)cc1CC21CCC1. The van der Waals surface area contributed by atoms with Crippen LogP contribution >= 0.6 is 0 Å². The van der Waals surface area contributed by atoms with Crippen LogP contribution < -0.4 is 9.61 Å². The van der Waals surface area contributed by atoms with Gasteiger partial charge in [-0.3, -0.25) is 9.59 Å². The number of ether oxygens (including phenoxy) is 1. The molecule has 0 unspecified atom stereocenters. The molecule has 1 fully saturated rings. The number of alkyl halides is 3. The number of aldehydes is 1. The molecule has 0 radical (unpaired) electrons. The van der Waals surface area contributed by atoms with Crippen molar-refractivity contribution in [2.24, 2.45) is 0 Å². The number of carbonyl (C=O) groups is 2. The minimum Gasteiger partial charge on any atom is -0.462 e. The van der Waals surface area contributed by atoms with Gasteiger partial charge in [-0.05, 0) is 50.3 Å². The molecule has 4 rings (SSSR count). The Morgan fingerprint density at radius 2 is 1.94 bits per heavy atom. The lowest BCUT2D eigenvalue weighted by molar-refractivity contribution is -0.0500. The number of rotatable bonds is 5. The molecule has 2 aromatic rings. The summed E-state index contributed by atoms with van der Waals surface area (Å²) < 4.78 is 72.4. The van der Waals surface area contributed by atoms with Gasteiger partial charge < -0.3 is 13.5 Å². The molecule has 0 bridgehead atoms. The topological polar surface area (TPSA) is 109 Å². The fraction of sp³-hybridized carbons (Fsp3) is 0.381. The number of benzene rings is 1. The zero-order valence-corrected chi connectivity index (χ0v) is 18.1. The zero-order chi connectivity index (χ0) is 24.2. The first-order chi connectivity index (χ1) is 15.4. The number of carbonyl (C=O) groups excluding carboxylic acids is 2. The van der Waals surface area contributed by atoms with Crippen LogP contribution in [0.2, 0.25) is 0 Å². The summed E-state index contributed by atoms with van der Waals surface area (Å²) in [6.07, 6.45) is 4.03. The van der Waals surface area contributed by atoms with Gasteiger partial charge in [0, 0.05) is 23.4 Å². The third kappa shape index (κ3) is 3.71. The number of nitrogens with zero attached hydrogens (tertiary/aromatic N) is 1. The lowest BCUT2D eigenvalue weighted by atomic mass is 9.69. The summed E-state index contributed by atoms with van der Waals surface area (Å²) in [6, 6.07) is 3.49. The Hall–Kier alpha value is -3.15. The molecule has 0 amide bonds. The van der Waals surface area contributed by atoms with Crippen molar-refractivity contribution in [3.8, 4) is 17.0 Å². The molecule has 1 aromatic heterocycles. The minimum absolute atomic E-state index is 0.0836. The molecule has 1 aromatic carbocycles. The monoisotopic (exact) mass is 485 g/mol. The molecular formula is C21H18F3NO7S. The van der Waals surface area contributed by atoms with Gasteiger partial charge >= 0.3 is 21.6 Å². The van der Waals surface area contributed by atoms with Gasteiger partial charge in [-0.15, -0.1) is 0 Å². The van der Waals surface area contributed by atoms with Gasteiger partial charge in [-0.25, -0.2) is 4.79 Å². The van der Waals surface area contributed by atoms with Gasteiger partial charge in [-0.2, -0.15) is 21.6 Å². The van der Waals surface area contributed by atoms with Crippen molar-refractivity contribution in [1.29, 1.82) is 0 Å². The second-order valence-corrected chi connectivity index (χ2v) is 9.47. The highest BCUT2D eigenvalue weighted by Gasteiger charge is 2.49. The molecular weight excluding hydrogens is 467 g/mol. The molecule has 1 spiro atoms. The first-order valence-electron chi connectivity index (χ1n) is 10.00. The average Bonchev–Trinajstić information content (AvgIpc) is 2.70. The highest BCUT2D eigenvalue weighted by molar-refractivity contribution is 7.88. The summed E-state index contributed by atoms with van der Waals surface area (Å²) in [5.41, 5.74) is -6.27. The van der Waals surface area contributed by atoms with Gasteiger partial charge in [-0.1, -0.05) is 0 Å². The van der Waals surface area contributed by atoms with Gasteiger partial charge in [0.2, 0.25) is 0 Å². The van der Waals surface area contributed by atoms with Crippen LogP contribution in [0.1, 0.15) is 52.5 Å². The first-order valence-corrected chi connectivity index (χ1v) is 11.4. The molecule has 0 saturated heterocycles. The smallest absolute Gasteiger partial charge is 0.462 e. The van der Waals surface area contributed by atoms with Gasteiger partial charge in [0.05, 0.1) is 17.9 Å². The maximum atomic E-state index is 12.8. The van der Waals surface area contributed by atoms with Crippen molar-refractivity contribution < 1.29 is 40.1 Å². The first kappa shape index (κ1) is 23.0. The van der Waals surface area contributed by atoms with Crippen LogP contribution in [-0.4, -0.2) is 37.4 Å². The molecule has 1 aliphatic heterocycles. The molecule has 0 atom stereocenters. The quantitative estimate of drug-likeness (QED) is 0.277. The summed E-state index contributed by atoms with van der Waals surface area (Å²) in [4.78, 5) is 36.4. The third-order valence-corrected chi connectivity index (χ3v) is 6.95. The second kappa shape index (κ2) is 7.72. The molecule has 8 nitrogen and oxygen atoms in total. The number of hydrogen-bond acceptors (Lipinski definition) is 7. The Balaban J connectivity index is 1.90. The van der Waals surface area contributed by atoms with E-state index in [4.69, 9.17) is 4.74 Å². The maximum absolute atomic E-state index is 12.8. The van der Waals surface area contributed by atoms with Crippen molar-refractivity contribution >= 4 is 22.4 Å². The average molecular weight is 485 g/mol. The summed E-state index contributed by atoms with van der Waals surface area (Å²) in [7, 11) is -5.98. The van der Waals surface area contributed by atoms with E-state index in [2.05, 4.69) is 4.18 Å². The van der Waals surface area contributed by atoms with Crippen LogP contribution in [0.5, 0.6) is 5.75 Å². The fourth-order valence-corrected chi connectivity index (χ4v) is 4.77. The summed E-state index contributed by atoms with van der Waals surface area (Å²) in [5.74, 6) is -1.51. The number of fused-ring (bicyclic) bond motifs is 4. The number of halogens is 3. The van der Waals surface area contributed by atoms with Crippen LogP contribution in [0.25, 0.3) is 11.3 Å². The van der Waals surface area contributed by atoms with E-state index in [1.165, 1.54) is 18.3 Å². The van der Waals surface area contributed by atoms with Crippen LogP contribution in [0.15, 0.2) is 29.2 Å². The Labute approximate surface area is 186 Å². The zero-order valence-electron chi connectivity index (χ0n) is 17.3. The van der Waals surface area contributed by atoms with Crippen LogP contribution in [0.3, 0.4) is 0 Å². The Morgan fingerprint density at radius 1 is 1.24 bits per heavy atom. The van der Waals surface area contributed by atoms with Gasteiger partial charge in [0.1, 0.15) is 5.56 Å². The predicted octanol–water partition coefficient (Wildman–Crippen LogP) is 3.17. The molecule has 176 valence electrons. The largest absolute Gasteiger partial charge is 0.534 e. The van der Waals surface area contributed by atoms with E-state index in [1.807, 2.05) is 0 Å². The number of esters is 1. The fourth-order valence-electron chi connectivity index (χ4n) is 4.29. The molecule has 1 aliphatic carbocycles. The van der Waals surface area contributed by atoms with Crippen molar-refractivity contribution in [2.75, 3.05) is 6.61 Å². The van der Waals surface area contributed by atoms with Gasteiger partial charge in [0.15, 0.2) is 17.5 Å². The Kier molecular flexibility index (Phi) is 5.38. The van der Waals surface area contributed by atoms with Crippen LogP contribution in [0.4, 0.5) is 13.2 Å². The molecule has 1 saturated carbocycles. The van der Waals surface area contributed by atoms with E-state index in [-0.39, 0.29) is 24.9 Å². The molecule has 12 heteroatoms. The third-order valence-electron chi connectivity index (χ3n) is 5.98.